The van der Waals surface area contributed by atoms with Crippen molar-refractivity contribution in [2.75, 3.05) is 7.11 Å². The lowest BCUT2D eigenvalue weighted by Gasteiger charge is -2.14. The number of para-hydroxylation sites is 1. The number of ether oxygens (including phenoxy) is 1. The van der Waals surface area contributed by atoms with Crippen LogP contribution in [0.1, 0.15) is 5.56 Å². The minimum Gasteiger partial charge on any atom is -0.491 e. The Bertz CT molecular complexity index is 1440. The van der Waals surface area contributed by atoms with Gasteiger partial charge in [0.15, 0.2) is 11.4 Å². The number of hydrogen-bond donors (Lipinski definition) is 0. The lowest BCUT2D eigenvalue weighted by Crippen LogP contribution is -2.19. The van der Waals surface area contributed by atoms with E-state index < -0.39 is 0 Å². The number of aromatic nitrogens is 4. The lowest BCUT2D eigenvalue weighted by atomic mass is 10.00. The average Bonchev–Trinajstić information content (AvgIpc) is 3.36. The van der Waals surface area contributed by atoms with Crippen LogP contribution in [0.25, 0.3) is 28.2 Å². The molecule has 0 aliphatic heterocycles. The van der Waals surface area contributed by atoms with Crippen molar-refractivity contribution in [3.05, 3.63) is 119 Å². The molecule has 0 saturated carbocycles. The molecule has 3 aromatic carbocycles. The van der Waals surface area contributed by atoms with Gasteiger partial charge in [-0.1, -0.05) is 72.8 Å². The van der Waals surface area contributed by atoms with Gasteiger partial charge in [-0.3, -0.25) is 9.48 Å². The van der Waals surface area contributed by atoms with Crippen LogP contribution in [0.5, 0.6) is 5.75 Å². The highest BCUT2D eigenvalue weighted by atomic mass is 16.5. The molecule has 0 atom stereocenters. The normalized spacial score (nSPS) is 10.8. The van der Waals surface area contributed by atoms with Gasteiger partial charge in [0, 0.05) is 0 Å². The van der Waals surface area contributed by atoms with E-state index in [9.17, 15) is 4.79 Å². The monoisotopic (exact) mass is 434 g/mol. The number of benzene rings is 3. The van der Waals surface area contributed by atoms with Crippen molar-refractivity contribution >= 4 is 0 Å². The SMILES string of the molecule is COc1cn(Cc2ccccc2-c2ccccc2)nc(-c2ccnn2-c2ccccc2)c1=O. The molecule has 0 aliphatic carbocycles. The Hall–Kier alpha value is -4.45. The van der Waals surface area contributed by atoms with Crippen molar-refractivity contribution < 1.29 is 4.74 Å². The van der Waals surface area contributed by atoms with Gasteiger partial charge in [0.05, 0.1) is 37.4 Å². The van der Waals surface area contributed by atoms with Crippen molar-refractivity contribution in [2.45, 2.75) is 6.54 Å². The Balaban J connectivity index is 1.60. The van der Waals surface area contributed by atoms with Gasteiger partial charge in [0.2, 0.25) is 0 Å². The van der Waals surface area contributed by atoms with E-state index >= 15 is 0 Å². The third kappa shape index (κ3) is 4.06. The molecule has 5 rings (SSSR count). The molecule has 0 spiro atoms. The van der Waals surface area contributed by atoms with Gasteiger partial charge < -0.3 is 4.74 Å². The van der Waals surface area contributed by atoms with Crippen LogP contribution in [0, 0.1) is 0 Å². The summed E-state index contributed by atoms with van der Waals surface area (Å²) >= 11 is 0. The van der Waals surface area contributed by atoms with E-state index in [1.807, 2.05) is 60.7 Å². The molecule has 5 aromatic rings. The van der Waals surface area contributed by atoms with E-state index in [-0.39, 0.29) is 16.9 Å². The number of rotatable bonds is 6. The minimum absolute atomic E-state index is 0.234. The predicted molar refractivity (Wildman–Crippen MR) is 129 cm³/mol. The Labute approximate surface area is 191 Å². The summed E-state index contributed by atoms with van der Waals surface area (Å²) in [6.45, 7) is 0.480. The van der Waals surface area contributed by atoms with Crippen molar-refractivity contribution in [3.8, 4) is 34.0 Å². The molecule has 0 bridgehead atoms. The second kappa shape index (κ2) is 8.96. The van der Waals surface area contributed by atoms with Crippen LogP contribution in [0.3, 0.4) is 0 Å². The van der Waals surface area contributed by atoms with Gasteiger partial charge in [0.25, 0.3) is 5.43 Å². The highest BCUT2D eigenvalue weighted by Crippen LogP contribution is 2.25. The fraction of sp³-hybridized carbons (Fsp3) is 0.0741. The van der Waals surface area contributed by atoms with Gasteiger partial charge in [-0.2, -0.15) is 10.2 Å². The number of methoxy groups -OCH3 is 1. The summed E-state index contributed by atoms with van der Waals surface area (Å²) in [6.07, 6.45) is 3.31. The van der Waals surface area contributed by atoms with Crippen LogP contribution >= 0.6 is 0 Å². The van der Waals surface area contributed by atoms with Gasteiger partial charge in [0.1, 0.15) is 0 Å². The first-order chi connectivity index (χ1) is 16.2. The largest absolute Gasteiger partial charge is 0.491 e. The summed E-state index contributed by atoms with van der Waals surface area (Å²) in [5.74, 6) is 0.234. The first-order valence-electron chi connectivity index (χ1n) is 10.6. The molecule has 0 radical (unpaired) electrons. The summed E-state index contributed by atoms with van der Waals surface area (Å²) in [4.78, 5) is 13.1. The molecule has 6 heteroatoms. The van der Waals surface area contributed by atoms with Crippen LogP contribution in [-0.4, -0.2) is 26.7 Å². The third-order valence-corrected chi connectivity index (χ3v) is 5.47. The molecule has 0 unspecified atom stereocenters. The molecule has 162 valence electrons. The van der Waals surface area contributed by atoms with Gasteiger partial charge in [-0.25, -0.2) is 4.68 Å². The Morgan fingerprint density at radius 1 is 0.848 bits per heavy atom. The maximum Gasteiger partial charge on any atom is 0.251 e. The molecule has 0 saturated heterocycles. The topological polar surface area (TPSA) is 61.9 Å². The Kier molecular flexibility index (Phi) is 5.55. The van der Waals surface area contributed by atoms with Crippen molar-refractivity contribution in [2.24, 2.45) is 0 Å². The zero-order valence-electron chi connectivity index (χ0n) is 18.1. The standard InChI is InChI=1S/C27H22N4O2/c1-33-25-19-30(18-21-12-8-9-15-23(21)20-10-4-2-5-11-20)29-26(27(25)32)24-16-17-28-31(24)22-13-6-3-7-14-22/h2-17,19H,18H2,1H3. The van der Waals surface area contributed by atoms with Crippen molar-refractivity contribution in [1.29, 1.82) is 0 Å². The van der Waals surface area contributed by atoms with E-state index in [0.717, 1.165) is 22.4 Å². The average molecular weight is 434 g/mol. The molecule has 0 aliphatic rings. The third-order valence-electron chi connectivity index (χ3n) is 5.47. The van der Waals surface area contributed by atoms with Crippen LogP contribution < -0.4 is 10.2 Å². The number of nitrogens with zero attached hydrogens (tertiary/aromatic N) is 4. The van der Waals surface area contributed by atoms with Crippen molar-refractivity contribution in [3.63, 3.8) is 0 Å². The van der Waals surface area contributed by atoms with Crippen LogP contribution in [-0.2, 0) is 6.54 Å². The lowest BCUT2D eigenvalue weighted by molar-refractivity contribution is 0.402. The van der Waals surface area contributed by atoms with E-state index in [2.05, 4.69) is 29.4 Å². The van der Waals surface area contributed by atoms with Gasteiger partial charge in [-0.05, 0) is 34.9 Å². The zero-order chi connectivity index (χ0) is 22.6. The Morgan fingerprint density at radius 2 is 1.55 bits per heavy atom. The van der Waals surface area contributed by atoms with E-state index in [1.54, 1.807) is 27.8 Å². The quantitative estimate of drug-likeness (QED) is 0.384. The molecular weight excluding hydrogens is 412 g/mol. The van der Waals surface area contributed by atoms with Crippen molar-refractivity contribution in [1.82, 2.24) is 19.6 Å². The highest BCUT2D eigenvalue weighted by Gasteiger charge is 2.17. The first-order valence-corrected chi connectivity index (χ1v) is 10.6. The predicted octanol–water partition coefficient (Wildman–Crippen LogP) is 4.82. The summed E-state index contributed by atoms with van der Waals surface area (Å²) in [5, 5.41) is 9.12. The molecule has 0 amide bonds. The molecular formula is C27H22N4O2. The minimum atomic E-state index is -0.275. The van der Waals surface area contributed by atoms with E-state index in [0.29, 0.717) is 12.2 Å². The highest BCUT2D eigenvalue weighted by molar-refractivity contribution is 5.67. The van der Waals surface area contributed by atoms with Crippen LogP contribution in [0.15, 0.2) is 108 Å². The zero-order valence-corrected chi connectivity index (χ0v) is 18.1. The number of hydrogen-bond acceptors (Lipinski definition) is 4. The maximum absolute atomic E-state index is 13.1. The molecule has 2 aromatic heterocycles. The molecule has 6 nitrogen and oxygen atoms in total. The summed E-state index contributed by atoms with van der Waals surface area (Å²) < 4.78 is 8.88. The maximum atomic E-state index is 13.1. The second-order valence-corrected chi connectivity index (χ2v) is 7.56. The van der Waals surface area contributed by atoms with Crippen LogP contribution in [0.4, 0.5) is 0 Å². The molecule has 2 heterocycles. The van der Waals surface area contributed by atoms with Crippen LogP contribution in [0.2, 0.25) is 0 Å². The summed E-state index contributed by atoms with van der Waals surface area (Å²) in [7, 11) is 1.50. The molecule has 0 fully saturated rings. The molecule has 0 N–H and O–H groups in total. The fourth-order valence-electron chi connectivity index (χ4n) is 3.90. The first kappa shape index (κ1) is 20.5. The summed E-state index contributed by atoms with van der Waals surface area (Å²) in [5.41, 5.74) is 4.80. The van der Waals surface area contributed by atoms with Gasteiger partial charge >= 0.3 is 0 Å². The van der Waals surface area contributed by atoms with E-state index in [4.69, 9.17) is 9.84 Å². The smallest absolute Gasteiger partial charge is 0.251 e. The fourth-order valence-corrected chi connectivity index (χ4v) is 3.90. The van der Waals surface area contributed by atoms with E-state index in [1.165, 1.54) is 7.11 Å². The summed E-state index contributed by atoms with van der Waals surface area (Å²) in [6, 6.07) is 29.9. The molecule has 33 heavy (non-hydrogen) atoms. The Morgan fingerprint density at radius 3 is 2.30 bits per heavy atom. The van der Waals surface area contributed by atoms with Gasteiger partial charge in [-0.15, -0.1) is 0 Å². The second-order valence-electron chi connectivity index (χ2n) is 7.56.